The molecule has 2 N–H and O–H groups in total. The third kappa shape index (κ3) is 4.70. The Hall–Kier alpha value is -4.30. The highest BCUT2D eigenvalue weighted by Crippen LogP contribution is 2.31. The SMILES string of the molecule is C=C/C=C(\c1cc(-c2n[nH]c3ccc(-c4cncc(CN5CCCCC5)c4)nc23)[nH]c1C)n1cnc(C)c1. The summed E-state index contributed by atoms with van der Waals surface area (Å²) in [4.78, 5) is 20.0. The van der Waals surface area contributed by atoms with Crippen LogP contribution in [0.25, 0.3) is 39.4 Å². The summed E-state index contributed by atoms with van der Waals surface area (Å²) >= 11 is 0. The fraction of sp³-hybridized carbons (Fsp3) is 0.267. The van der Waals surface area contributed by atoms with Crippen molar-refractivity contribution in [2.45, 2.75) is 39.7 Å². The zero-order valence-electron chi connectivity index (χ0n) is 21.9. The molecule has 0 aliphatic carbocycles. The predicted molar refractivity (Wildman–Crippen MR) is 151 cm³/mol. The topological polar surface area (TPSA) is 91.3 Å². The van der Waals surface area contributed by atoms with E-state index in [9.17, 15) is 0 Å². The molecule has 0 unspecified atom stereocenters. The minimum absolute atomic E-state index is 0.786. The van der Waals surface area contributed by atoms with Crippen molar-refractivity contribution in [3.8, 4) is 22.6 Å². The smallest absolute Gasteiger partial charge is 0.135 e. The van der Waals surface area contributed by atoms with Gasteiger partial charge in [0.05, 0.1) is 34.6 Å². The van der Waals surface area contributed by atoms with E-state index in [0.29, 0.717) is 0 Å². The van der Waals surface area contributed by atoms with Gasteiger partial charge in [0.2, 0.25) is 0 Å². The van der Waals surface area contributed by atoms with Gasteiger partial charge in [0.1, 0.15) is 11.2 Å². The molecule has 6 rings (SSSR count). The van der Waals surface area contributed by atoms with E-state index < -0.39 is 0 Å². The number of likely N-dealkylation sites (tertiary alicyclic amines) is 1. The number of aryl methyl sites for hydroxylation is 2. The highest BCUT2D eigenvalue weighted by Gasteiger charge is 2.18. The first-order chi connectivity index (χ1) is 18.6. The first-order valence-electron chi connectivity index (χ1n) is 13.1. The molecule has 8 heteroatoms. The molecule has 192 valence electrons. The number of rotatable bonds is 7. The summed E-state index contributed by atoms with van der Waals surface area (Å²) in [6.45, 7) is 11.2. The lowest BCUT2D eigenvalue weighted by Gasteiger charge is -2.26. The molecule has 1 fully saturated rings. The molecule has 0 aromatic carbocycles. The van der Waals surface area contributed by atoms with Gasteiger partial charge in [-0.1, -0.05) is 19.1 Å². The molecule has 0 amide bonds. The highest BCUT2D eigenvalue weighted by atomic mass is 15.1. The maximum absolute atomic E-state index is 5.04. The third-order valence-corrected chi connectivity index (χ3v) is 7.16. The van der Waals surface area contributed by atoms with Crippen molar-refractivity contribution in [2.24, 2.45) is 0 Å². The number of pyridine rings is 2. The number of fused-ring (bicyclic) bond motifs is 1. The van der Waals surface area contributed by atoms with Crippen LogP contribution in [-0.4, -0.2) is 52.7 Å². The van der Waals surface area contributed by atoms with Crippen LogP contribution in [0.5, 0.6) is 0 Å². The van der Waals surface area contributed by atoms with Crippen LogP contribution in [0.3, 0.4) is 0 Å². The first kappa shape index (κ1) is 24.1. The standard InChI is InChI=1S/C30H32N8/c1-4-8-28(38-17-20(2)32-19-38)24-14-27(33-21(24)3)30-29-26(35-36-30)10-9-25(34-29)23-13-22(15-31-16-23)18-37-11-6-5-7-12-37/h4,8-10,13-17,19,33H,1,5-7,11-12,18H2,2-3H3,(H,35,36)/b28-8+. The third-order valence-electron chi connectivity index (χ3n) is 7.16. The van der Waals surface area contributed by atoms with E-state index in [0.717, 1.165) is 76.0 Å². The van der Waals surface area contributed by atoms with Gasteiger partial charge in [0.15, 0.2) is 0 Å². The second kappa shape index (κ2) is 10.2. The summed E-state index contributed by atoms with van der Waals surface area (Å²) in [6.07, 6.45) is 15.4. The molecule has 0 radical (unpaired) electrons. The van der Waals surface area contributed by atoms with Crippen LogP contribution < -0.4 is 0 Å². The minimum Gasteiger partial charge on any atom is -0.357 e. The molecule has 1 saturated heterocycles. The molecule has 8 nitrogen and oxygen atoms in total. The molecule has 0 spiro atoms. The van der Waals surface area contributed by atoms with Crippen LogP contribution in [0.15, 0.2) is 67.9 Å². The number of aromatic nitrogens is 7. The van der Waals surface area contributed by atoms with Gasteiger partial charge in [0.25, 0.3) is 0 Å². The van der Waals surface area contributed by atoms with Crippen LogP contribution in [0.2, 0.25) is 0 Å². The normalized spacial score (nSPS) is 14.8. The van der Waals surface area contributed by atoms with Crippen molar-refractivity contribution in [2.75, 3.05) is 13.1 Å². The second-order valence-electron chi connectivity index (χ2n) is 10.0. The zero-order valence-corrected chi connectivity index (χ0v) is 21.9. The van der Waals surface area contributed by atoms with E-state index in [1.54, 1.807) is 6.08 Å². The fourth-order valence-corrected chi connectivity index (χ4v) is 5.27. The van der Waals surface area contributed by atoms with Crippen molar-refractivity contribution >= 4 is 16.7 Å². The van der Waals surface area contributed by atoms with Gasteiger partial charge in [-0.05, 0) is 75.7 Å². The Bertz CT molecular complexity index is 1630. The maximum Gasteiger partial charge on any atom is 0.135 e. The number of allylic oxidation sites excluding steroid dienone is 2. The Balaban J connectivity index is 1.34. The minimum atomic E-state index is 0.786. The molecule has 6 heterocycles. The number of hydrogen-bond acceptors (Lipinski definition) is 5. The quantitative estimate of drug-likeness (QED) is 0.270. The monoisotopic (exact) mass is 504 g/mol. The van der Waals surface area contributed by atoms with E-state index in [4.69, 9.17) is 4.98 Å². The Kier molecular flexibility index (Phi) is 6.47. The van der Waals surface area contributed by atoms with Crippen molar-refractivity contribution in [1.82, 2.24) is 39.6 Å². The zero-order chi connectivity index (χ0) is 26.1. The van der Waals surface area contributed by atoms with Crippen molar-refractivity contribution in [3.63, 3.8) is 0 Å². The lowest BCUT2D eigenvalue weighted by atomic mass is 10.1. The largest absolute Gasteiger partial charge is 0.357 e. The summed E-state index contributed by atoms with van der Waals surface area (Å²) in [6, 6.07) is 8.40. The highest BCUT2D eigenvalue weighted by molar-refractivity contribution is 5.91. The molecule has 5 aromatic rings. The van der Waals surface area contributed by atoms with Gasteiger partial charge in [-0.25, -0.2) is 9.97 Å². The first-order valence-corrected chi connectivity index (χ1v) is 13.1. The fourth-order valence-electron chi connectivity index (χ4n) is 5.27. The van der Waals surface area contributed by atoms with Gasteiger partial charge >= 0.3 is 0 Å². The second-order valence-corrected chi connectivity index (χ2v) is 10.0. The van der Waals surface area contributed by atoms with E-state index >= 15 is 0 Å². The Labute approximate surface area is 222 Å². The number of nitrogens with one attached hydrogen (secondary N) is 2. The number of aromatic amines is 2. The van der Waals surface area contributed by atoms with Crippen molar-refractivity contribution < 1.29 is 0 Å². The summed E-state index contributed by atoms with van der Waals surface area (Å²) in [5.41, 5.74) is 10.6. The number of imidazole rings is 1. The Morgan fingerprint density at radius 3 is 2.76 bits per heavy atom. The van der Waals surface area contributed by atoms with Crippen LogP contribution in [-0.2, 0) is 6.54 Å². The molecule has 0 bridgehead atoms. The van der Waals surface area contributed by atoms with Crippen LogP contribution >= 0.6 is 0 Å². The number of piperidine rings is 1. The van der Waals surface area contributed by atoms with Crippen LogP contribution in [0, 0.1) is 13.8 Å². The summed E-state index contributed by atoms with van der Waals surface area (Å²) in [7, 11) is 0. The lowest BCUT2D eigenvalue weighted by Crippen LogP contribution is -2.29. The molecule has 0 saturated carbocycles. The molecular weight excluding hydrogens is 472 g/mol. The number of hydrogen-bond donors (Lipinski definition) is 2. The van der Waals surface area contributed by atoms with Gasteiger partial charge in [-0.3, -0.25) is 15.0 Å². The predicted octanol–water partition coefficient (Wildman–Crippen LogP) is 5.89. The molecule has 38 heavy (non-hydrogen) atoms. The summed E-state index contributed by atoms with van der Waals surface area (Å²) in [5.74, 6) is 0. The average Bonchev–Trinajstić information content (AvgIpc) is 3.66. The molecular formula is C30H32N8. The van der Waals surface area contributed by atoms with Crippen LogP contribution in [0.1, 0.15) is 41.8 Å². The Morgan fingerprint density at radius 2 is 1.97 bits per heavy atom. The molecule has 0 atom stereocenters. The van der Waals surface area contributed by atoms with Gasteiger partial charge in [-0.15, -0.1) is 0 Å². The Morgan fingerprint density at radius 1 is 1.11 bits per heavy atom. The summed E-state index contributed by atoms with van der Waals surface area (Å²) in [5, 5.41) is 7.78. The summed E-state index contributed by atoms with van der Waals surface area (Å²) < 4.78 is 2.01. The van der Waals surface area contributed by atoms with E-state index in [1.165, 1.54) is 24.8 Å². The number of H-pyrrole nitrogens is 2. The van der Waals surface area contributed by atoms with Gasteiger partial charge in [0, 0.05) is 42.0 Å². The van der Waals surface area contributed by atoms with E-state index in [1.807, 2.05) is 54.6 Å². The van der Waals surface area contributed by atoms with Gasteiger partial charge in [-0.2, -0.15) is 5.10 Å². The maximum atomic E-state index is 5.04. The molecule has 5 aromatic heterocycles. The van der Waals surface area contributed by atoms with Crippen LogP contribution in [0.4, 0.5) is 0 Å². The van der Waals surface area contributed by atoms with E-state index in [2.05, 4.69) is 55.7 Å². The average molecular weight is 505 g/mol. The van der Waals surface area contributed by atoms with Crippen molar-refractivity contribution in [1.29, 1.82) is 0 Å². The molecule has 1 aliphatic rings. The lowest BCUT2D eigenvalue weighted by molar-refractivity contribution is 0.220. The van der Waals surface area contributed by atoms with Crippen molar-refractivity contribution in [3.05, 3.63) is 90.4 Å². The van der Waals surface area contributed by atoms with E-state index in [-0.39, 0.29) is 0 Å². The van der Waals surface area contributed by atoms with Gasteiger partial charge < -0.3 is 9.55 Å². The number of nitrogens with zero attached hydrogens (tertiary/aromatic N) is 6. The molecule has 1 aliphatic heterocycles.